The number of aromatic amines is 1. The number of H-pyrrole nitrogens is 1. The highest BCUT2D eigenvalue weighted by Crippen LogP contribution is 2.33. The van der Waals surface area contributed by atoms with Crippen molar-refractivity contribution in [3.8, 4) is 11.1 Å². The van der Waals surface area contributed by atoms with E-state index in [1.54, 1.807) is 13.0 Å². The normalized spacial score (nSPS) is 10.5. The molecule has 3 aromatic rings. The van der Waals surface area contributed by atoms with Crippen molar-refractivity contribution in [2.45, 2.75) is 13.8 Å². The number of carbonyl (C=O) groups excluding carboxylic acids is 3. The van der Waals surface area contributed by atoms with Gasteiger partial charge in [0.05, 0.1) is 12.2 Å². The van der Waals surface area contributed by atoms with Gasteiger partial charge in [-0.1, -0.05) is 18.2 Å². The largest absolute Gasteiger partial charge is 0.462 e. The van der Waals surface area contributed by atoms with E-state index in [1.165, 1.54) is 37.3 Å². The maximum atomic E-state index is 14.5. The quantitative estimate of drug-likeness (QED) is 0.360. The number of aryl methyl sites for hydroxylation is 1. The number of rotatable bonds is 6. The molecule has 30 heavy (non-hydrogen) atoms. The third kappa shape index (κ3) is 4.12. The molecule has 2 aromatic carbocycles. The number of hydrogen-bond acceptors (Lipinski definition) is 4. The molecule has 0 radical (unpaired) electrons. The molecule has 0 aliphatic heterocycles. The van der Waals surface area contributed by atoms with E-state index in [-0.39, 0.29) is 40.4 Å². The molecule has 0 spiro atoms. The van der Waals surface area contributed by atoms with Gasteiger partial charge in [-0.25, -0.2) is 13.6 Å². The zero-order valence-corrected chi connectivity index (χ0v) is 16.2. The SMILES string of the molecule is CCOC(=O)c1c(C)[nH]c(C(=O)C(=O)Nc2ccc(F)cc2)c1-c1ccccc1F. The Kier molecular flexibility index (Phi) is 6.06. The number of aromatic nitrogens is 1. The zero-order valence-electron chi connectivity index (χ0n) is 16.2. The number of ether oxygens (including phenoxy) is 1. The van der Waals surface area contributed by atoms with Crippen molar-refractivity contribution in [2.24, 2.45) is 0 Å². The fourth-order valence-electron chi connectivity index (χ4n) is 3.02. The van der Waals surface area contributed by atoms with Gasteiger partial charge in [-0.15, -0.1) is 0 Å². The van der Waals surface area contributed by atoms with Crippen molar-refractivity contribution >= 4 is 23.3 Å². The number of carbonyl (C=O) groups is 3. The van der Waals surface area contributed by atoms with E-state index in [9.17, 15) is 23.2 Å². The van der Waals surface area contributed by atoms with Crippen LogP contribution in [0.4, 0.5) is 14.5 Å². The smallest absolute Gasteiger partial charge is 0.340 e. The van der Waals surface area contributed by atoms with Crippen LogP contribution in [0.1, 0.15) is 33.5 Å². The molecule has 0 aliphatic rings. The van der Waals surface area contributed by atoms with Crippen molar-refractivity contribution in [3.63, 3.8) is 0 Å². The van der Waals surface area contributed by atoms with Crippen LogP contribution in [0.3, 0.4) is 0 Å². The Morgan fingerprint density at radius 2 is 1.70 bits per heavy atom. The number of benzene rings is 2. The second-order valence-corrected chi connectivity index (χ2v) is 6.37. The van der Waals surface area contributed by atoms with Crippen LogP contribution in [0.15, 0.2) is 48.5 Å². The molecule has 1 amide bonds. The standard InChI is InChI=1S/C22H18F2N2O4/c1-3-30-22(29)17-12(2)25-19(18(17)15-6-4-5-7-16(15)24)20(27)21(28)26-14-10-8-13(23)9-11-14/h4-11,25H,3H2,1-2H3,(H,26,28). The van der Waals surface area contributed by atoms with Crippen LogP contribution < -0.4 is 5.32 Å². The lowest BCUT2D eigenvalue weighted by atomic mass is 9.97. The molecule has 2 N–H and O–H groups in total. The van der Waals surface area contributed by atoms with Gasteiger partial charge in [0.25, 0.3) is 11.7 Å². The summed E-state index contributed by atoms with van der Waals surface area (Å²) in [5, 5.41) is 2.36. The molecule has 1 heterocycles. The first-order valence-corrected chi connectivity index (χ1v) is 9.09. The van der Waals surface area contributed by atoms with Gasteiger partial charge in [-0.05, 0) is 44.2 Å². The number of nitrogens with one attached hydrogen (secondary N) is 2. The van der Waals surface area contributed by atoms with E-state index in [0.717, 1.165) is 12.1 Å². The number of ketones is 1. The lowest BCUT2D eigenvalue weighted by Crippen LogP contribution is -2.24. The average molecular weight is 412 g/mol. The molecule has 0 bridgehead atoms. The first kappa shape index (κ1) is 20.9. The molecule has 1 aromatic heterocycles. The zero-order chi connectivity index (χ0) is 21.8. The second kappa shape index (κ2) is 8.69. The Balaban J connectivity index is 2.07. The van der Waals surface area contributed by atoms with Crippen molar-refractivity contribution in [1.29, 1.82) is 0 Å². The molecule has 3 rings (SSSR count). The average Bonchev–Trinajstić information content (AvgIpc) is 3.06. The van der Waals surface area contributed by atoms with E-state index < -0.39 is 29.3 Å². The van der Waals surface area contributed by atoms with Crippen molar-refractivity contribution in [2.75, 3.05) is 11.9 Å². The minimum Gasteiger partial charge on any atom is -0.462 e. The molecule has 0 saturated heterocycles. The van der Waals surface area contributed by atoms with Crippen LogP contribution >= 0.6 is 0 Å². The molecule has 8 heteroatoms. The Labute approximate surface area is 170 Å². The molecule has 0 aliphatic carbocycles. The number of amides is 1. The summed E-state index contributed by atoms with van der Waals surface area (Å²) in [6.45, 7) is 3.21. The van der Waals surface area contributed by atoms with Gasteiger partial charge in [0.15, 0.2) is 0 Å². The summed E-state index contributed by atoms with van der Waals surface area (Å²) in [6.07, 6.45) is 0. The van der Waals surface area contributed by atoms with Crippen molar-refractivity contribution < 1.29 is 27.9 Å². The summed E-state index contributed by atoms with van der Waals surface area (Å²) >= 11 is 0. The Bertz CT molecular complexity index is 1120. The number of anilines is 1. The van der Waals surface area contributed by atoms with E-state index in [0.29, 0.717) is 0 Å². The molecular formula is C22H18F2N2O4. The third-order valence-electron chi connectivity index (χ3n) is 4.35. The fraction of sp³-hybridized carbons (Fsp3) is 0.136. The topological polar surface area (TPSA) is 88.3 Å². The summed E-state index contributed by atoms with van der Waals surface area (Å²) in [5.41, 5.74) is 0.104. The summed E-state index contributed by atoms with van der Waals surface area (Å²) in [5.74, 6) is -3.97. The van der Waals surface area contributed by atoms with Gasteiger partial charge in [0.2, 0.25) is 0 Å². The van der Waals surface area contributed by atoms with Crippen LogP contribution in [-0.2, 0) is 9.53 Å². The predicted molar refractivity (Wildman–Crippen MR) is 106 cm³/mol. The molecular weight excluding hydrogens is 394 g/mol. The Morgan fingerprint density at radius 1 is 1.03 bits per heavy atom. The summed E-state index contributed by atoms with van der Waals surface area (Å²) in [6, 6.07) is 10.4. The monoisotopic (exact) mass is 412 g/mol. The van der Waals surface area contributed by atoms with Gasteiger partial charge in [-0.2, -0.15) is 0 Å². The van der Waals surface area contributed by atoms with Crippen LogP contribution in [0.2, 0.25) is 0 Å². The summed E-state index contributed by atoms with van der Waals surface area (Å²) in [7, 11) is 0. The van der Waals surface area contributed by atoms with Crippen LogP contribution in [-0.4, -0.2) is 29.3 Å². The van der Waals surface area contributed by atoms with Gasteiger partial charge in [0.1, 0.15) is 17.3 Å². The van der Waals surface area contributed by atoms with Gasteiger partial charge in [0, 0.05) is 22.5 Å². The van der Waals surface area contributed by atoms with Crippen LogP contribution in [0.25, 0.3) is 11.1 Å². The van der Waals surface area contributed by atoms with Gasteiger partial charge >= 0.3 is 5.97 Å². The van der Waals surface area contributed by atoms with E-state index in [4.69, 9.17) is 4.74 Å². The molecule has 0 fully saturated rings. The van der Waals surface area contributed by atoms with Crippen LogP contribution in [0, 0.1) is 18.6 Å². The van der Waals surface area contributed by atoms with E-state index in [1.807, 2.05) is 0 Å². The molecule has 6 nitrogen and oxygen atoms in total. The Hall–Kier alpha value is -3.81. The Morgan fingerprint density at radius 3 is 2.33 bits per heavy atom. The number of halogens is 2. The van der Waals surface area contributed by atoms with E-state index >= 15 is 0 Å². The lowest BCUT2D eigenvalue weighted by molar-refractivity contribution is -0.112. The maximum absolute atomic E-state index is 14.5. The van der Waals surface area contributed by atoms with Crippen LogP contribution in [0.5, 0.6) is 0 Å². The molecule has 154 valence electrons. The van der Waals surface area contributed by atoms with E-state index in [2.05, 4.69) is 10.3 Å². The van der Waals surface area contributed by atoms with Crippen molar-refractivity contribution in [3.05, 3.63) is 77.1 Å². The summed E-state index contributed by atoms with van der Waals surface area (Å²) < 4.78 is 32.6. The molecule has 0 saturated carbocycles. The van der Waals surface area contributed by atoms with Crippen molar-refractivity contribution in [1.82, 2.24) is 4.98 Å². The highest BCUT2D eigenvalue weighted by Gasteiger charge is 2.31. The third-order valence-corrected chi connectivity index (χ3v) is 4.35. The predicted octanol–water partition coefficient (Wildman–Crippen LogP) is 4.27. The highest BCUT2D eigenvalue weighted by molar-refractivity contribution is 6.47. The highest BCUT2D eigenvalue weighted by atomic mass is 19.1. The minimum absolute atomic E-state index is 0.0252. The lowest BCUT2D eigenvalue weighted by Gasteiger charge is -2.09. The van der Waals surface area contributed by atoms with Gasteiger partial charge in [-0.3, -0.25) is 9.59 Å². The first-order valence-electron chi connectivity index (χ1n) is 9.09. The minimum atomic E-state index is -1.03. The maximum Gasteiger partial charge on any atom is 0.340 e. The number of Topliss-reactive ketones (excluding diaryl/α,β-unsaturated/α-hetero) is 1. The first-order chi connectivity index (χ1) is 14.3. The molecule has 0 unspecified atom stereocenters. The fourth-order valence-corrected chi connectivity index (χ4v) is 3.02. The summed E-state index contributed by atoms with van der Waals surface area (Å²) in [4.78, 5) is 40.6. The number of esters is 1. The second-order valence-electron chi connectivity index (χ2n) is 6.37. The molecule has 0 atom stereocenters. The number of hydrogen-bond donors (Lipinski definition) is 2. The van der Waals surface area contributed by atoms with Gasteiger partial charge < -0.3 is 15.0 Å².